The molecule has 2 N–H and O–H groups in total. The summed E-state index contributed by atoms with van der Waals surface area (Å²) in [6, 6.07) is -0.905. The van der Waals surface area contributed by atoms with Crippen molar-refractivity contribution < 1.29 is 32.9 Å². The number of hydrogen-bond donors (Lipinski definition) is 2. The van der Waals surface area contributed by atoms with E-state index in [-0.39, 0.29) is 12.5 Å². The number of carbonyl (C=O) groups is 1. The number of nitrogens with zero attached hydrogens (tertiary/aromatic N) is 1. The number of quaternary nitrogens is 1. The van der Waals surface area contributed by atoms with E-state index < -0.39 is 26.6 Å². The summed E-state index contributed by atoms with van der Waals surface area (Å²) in [4.78, 5) is 25.6. The molecule has 0 bridgehead atoms. The zero-order valence-corrected chi connectivity index (χ0v) is 56.1. The van der Waals surface area contributed by atoms with Gasteiger partial charge in [-0.3, -0.25) is 9.36 Å². The summed E-state index contributed by atoms with van der Waals surface area (Å²) in [5.41, 5.74) is 0. The number of rotatable bonds is 66. The first kappa shape index (κ1) is 80.2. The zero-order chi connectivity index (χ0) is 59.8. The predicted octanol–water partition coefficient (Wildman–Crippen LogP) is 22.1. The Bertz CT molecular complexity index is 1520. The molecule has 0 rings (SSSR count). The molecule has 3 unspecified atom stereocenters. The topological polar surface area (TPSA) is 108 Å². The maximum Gasteiger partial charge on any atom is 0.268 e. The van der Waals surface area contributed by atoms with Crippen molar-refractivity contribution in [2.24, 2.45) is 0 Å². The number of likely N-dealkylation sites (N-methyl/N-ethyl adjacent to an activating group) is 1. The van der Waals surface area contributed by atoms with E-state index in [0.29, 0.717) is 17.4 Å². The average Bonchev–Trinajstić information content (AvgIpc) is 3.47. The van der Waals surface area contributed by atoms with Crippen molar-refractivity contribution in [1.82, 2.24) is 5.32 Å². The highest BCUT2D eigenvalue weighted by Gasteiger charge is 2.23. The van der Waals surface area contributed by atoms with Crippen LogP contribution in [0.25, 0.3) is 0 Å². The second kappa shape index (κ2) is 63.7. The fourth-order valence-corrected chi connectivity index (χ4v) is 11.4. The molecule has 0 heterocycles. The van der Waals surface area contributed by atoms with Crippen LogP contribution in [0.4, 0.5) is 0 Å². The van der Waals surface area contributed by atoms with Crippen molar-refractivity contribution in [3.8, 4) is 0 Å². The van der Waals surface area contributed by atoms with Crippen molar-refractivity contribution in [3.05, 3.63) is 60.8 Å². The summed E-state index contributed by atoms with van der Waals surface area (Å²) in [6.07, 6.45) is 87.8. The molecule has 0 saturated heterocycles. The van der Waals surface area contributed by atoms with E-state index >= 15 is 0 Å². The van der Waals surface area contributed by atoms with Gasteiger partial charge in [0.05, 0.1) is 39.9 Å². The average molecular weight is 1170 g/mol. The van der Waals surface area contributed by atoms with E-state index in [1.165, 1.54) is 276 Å². The number of phosphoric acid groups is 1. The molecule has 0 aliphatic carbocycles. The largest absolute Gasteiger partial charge is 0.756 e. The zero-order valence-electron chi connectivity index (χ0n) is 55.2. The van der Waals surface area contributed by atoms with Crippen molar-refractivity contribution in [3.63, 3.8) is 0 Å². The van der Waals surface area contributed by atoms with Gasteiger partial charge in [-0.05, 0) is 70.6 Å². The Morgan fingerprint density at radius 2 is 0.720 bits per heavy atom. The summed E-state index contributed by atoms with van der Waals surface area (Å²) in [5.74, 6) is -0.201. The lowest BCUT2D eigenvalue weighted by atomic mass is 10.0. The second-order valence-corrected chi connectivity index (χ2v) is 27.0. The second-order valence-electron chi connectivity index (χ2n) is 25.6. The molecule has 3 atom stereocenters. The number of nitrogens with one attached hydrogen (secondary N) is 1. The number of unbranched alkanes of at least 4 members (excludes halogenated alkanes) is 45. The summed E-state index contributed by atoms with van der Waals surface area (Å²) in [6.45, 7) is 4.66. The summed E-state index contributed by atoms with van der Waals surface area (Å²) >= 11 is 0. The lowest BCUT2D eigenvalue weighted by Gasteiger charge is -2.29. The molecular weight excluding hydrogens is 1030 g/mol. The van der Waals surface area contributed by atoms with E-state index in [1.54, 1.807) is 6.08 Å². The third-order valence-electron chi connectivity index (χ3n) is 16.2. The summed E-state index contributed by atoms with van der Waals surface area (Å²) in [5, 5.41) is 13.9. The van der Waals surface area contributed by atoms with Crippen LogP contribution in [0, 0.1) is 0 Å². The highest BCUT2D eigenvalue weighted by molar-refractivity contribution is 7.45. The van der Waals surface area contributed by atoms with Gasteiger partial charge in [0.25, 0.3) is 7.82 Å². The van der Waals surface area contributed by atoms with Crippen molar-refractivity contribution in [1.29, 1.82) is 0 Å². The third kappa shape index (κ3) is 65.7. The van der Waals surface area contributed by atoms with Crippen molar-refractivity contribution >= 4 is 13.7 Å². The van der Waals surface area contributed by atoms with E-state index in [0.717, 1.165) is 51.4 Å². The number of amides is 1. The smallest absolute Gasteiger partial charge is 0.268 e. The van der Waals surface area contributed by atoms with Crippen LogP contribution < -0.4 is 10.2 Å². The highest BCUT2D eigenvalue weighted by Crippen LogP contribution is 2.38. The van der Waals surface area contributed by atoms with Crippen LogP contribution in [0.2, 0.25) is 0 Å². The minimum Gasteiger partial charge on any atom is -0.756 e. The first-order valence-electron chi connectivity index (χ1n) is 35.7. The Balaban J connectivity index is 4.02. The molecule has 9 heteroatoms. The standard InChI is InChI=1S/C73H139N2O6P/c1-6-8-10-12-14-16-18-20-22-24-26-28-30-31-32-33-34-35-36-37-38-39-40-41-42-43-45-47-49-51-53-55-57-59-61-63-65-67-73(77)74-71(70-81-82(78,79)80-69-68-75(3,4)5)72(76)66-64-62-60-58-56-54-52-50-48-46-44-29-27-25-23-21-19-17-15-13-11-9-7-2/h18,20,24,26,30-31,56,58,64,66,71-72,76H,6-17,19,21-23,25,27-29,32-55,57,59-63,65,67-70H2,1-5H3,(H-,74,77,78,79)/b20-18-,26-24-,31-30-,58-56+,66-64+. The number of aliphatic hydroxyl groups is 1. The van der Waals surface area contributed by atoms with E-state index in [2.05, 4.69) is 67.8 Å². The molecule has 0 spiro atoms. The maximum atomic E-state index is 13.0. The number of allylic oxidation sites excluding steroid dienone is 9. The minimum atomic E-state index is -4.61. The molecule has 0 radical (unpaired) electrons. The van der Waals surface area contributed by atoms with Crippen LogP contribution in [0.3, 0.4) is 0 Å². The molecule has 1 amide bonds. The van der Waals surface area contributed by atoms with Gasteiger partial charge in [-0.25, -0.2) is 0 Å². The Kier molecular flexibility index (Phi) is 62.3. The fraction of sp³-hybridized carbons (Fsp3) is 0.849. The van der Waals surface area contributed by atoms with E-state index in [4.69, 9.17) is 9.05 Å². The number of phosphoric ester groups is 1. The van der Waals surface area contributed by atoms with Gasteiger partial charge in [-0.15, -0.1) is 0 Å². The molecule has 0 fully saturated rings. The predicted molar refractivity (Wildman–Crippen MR) is 357 cm³/mol. The first-order valence-corrected chi connectivity index (χ1v) is 37.1. The van der Waals surface area contributed by atoms with E-state index in [1.807, 2.05) is 27.2 Å². The van der Waals surface area contributed by atoms with Crippen LogP contribution in [0.5, 0.6) is 0 Å². The van der Waals surface area contributed by atoms with Gasteiger partial charge in [0.15, 0.2) is 0 Å². The lowest BCUT2D eigenvalue weighted by molar-refractivity contribution is -0.870. The number of aliphatic hydroxyl groups excluding tert-OH is 1. The van der Waals surface area contributed by atoms with Gasteiger partial charge in [-0.2, -0.15) is 0 Å². The number of hydrogen-bond acceptors (Lipinski definition) is 6. The molecule has 82 heavy (non-hydrogen) atoms. The first-order chi connectivity index (χ1) is 40.0. The quantitative estimate of drug-likeness (QED) is 0.0272. The molecule has 0 aliphatic heterocycles. The Morgan fingerprint density at radius 3 is 1.07 bits per heavy atom. The van der Waals surface area contributed by atoms with Gasteiger partial charge >= 0.3 is 0 Å². The molecule has 0 aromatic carbocycles. The Labute approximate surface area is 511 Å². The van der Waals surface area contributed by atoms with Gasteiger partial charge < -0.3 is 28.8 Å². The Morgan fingerprint density at radius 1 is 0.427 bits per heavy atom. The molecule has 0 aromatic rings. The molecule has 0 aromatic heterocycles. The van der Waals surface area contributed by atoms with Crippen LogP contribution in [-0.4, -0.2) is 68.5 Å². The minimum absolute atomic E-state index is 0.00570. The SMILES string of the molecule is CCCCCCC/C=C\C/C=C\C/C=C\CCCCCCCCCCCCCCCCCCCCCCCCC(=O)NC(COP(=O)([O-])OCC[N+](C)(C)C)C(O)/C=C/CC/C=C/CCCCCCCCCCCCCCCCCCC. The molecule has 0 saturated carbocycles. The molecule has 482 valence electrons. The van der Waals surface area contributed by atoms with E-state index in [9.17, 15) is 19.4 Å². The van der Waals surface area contributed by atoms with Crippen LogP contribution >= 0.6 is 7.82 Å². The van der Waals surface area contributed by atoms with Crippen molar-refractivity contribution in [2.75, 3.05) is 40.9 Å². The Hall–Kier alpha value is -1.80. The van der Waals surface area contributed by atoms with Gasteiger partial charge in [0.1, 0.15) is 13.2 Å². The third-order valence-corrected chi connectivity index (χ3v) is 17.2. The maximum absolute atomic E-state index is 13.0. The van der Waals surface area contributed by atoms with Crippen LogP contribution in [-0.2, 0) is 18.4 Å². The lowest BCUT2D eigenvalue weighted by Crippen LogP contribution is -2.45. The fourth-order valence-electron chi connectivity index (χ4n) is 10.7. The van der Waals surface area contributed by atoms with Gasteiger partial charge in [0.2, 0.25) is 5.91 Å². The van der Waals surface area contributed by atoms with Gasteiger partial charge in [0, 0.05) is 6.42 Å². The highest BCUT2D eigenvalue weighted by atomic mass is 31.2. The summed E-state index contributed by atoms with van der Waals surface area (Å²) < 4.78 is 23.4. The number of carbonyl (C=O) groups excluding carboxylic acids is 1. The summed E-state index contributed by atoms with van der Waals surface area (Å²) in [7, 11) is 1.26. The molecule has 8 nitrogen and oxygen atoms in total. The monoisotopic (exact) mass is 1170 g/mol. The van der Waals surface area contributed by atoms with Crippen molar-refractivity contribution in [2.45, 2.75) is 360 Å². The van der Waals surface area contributed by atoms with Crippen LogP contribution in [0.15, 0.2) is 60.8 Å². The molecular formula is C73H139N2O6P. The normalized spacial score (nSPS) is 14.0. The van der Waals surface area contributed by atoms with Crippen LogP contribution in [0.1, 0.15) is 348 Å². The molecule has 0 aliphatic rings. The van der Waals surface area contributed by atoms with Gasteiger partial charge in [-0.1, -0.05) is 331 Å².